The van der Waals surface area contributed by atoms with Crippen molar-refractivity contribution < 1.29 is 27.1 Å². The lowest BCUT2D eigenvalue weighted by molar-refractivity contribution is -0.150. The molecule has 4 rings (SSSR count). The van der Waals surface area contributed by atoms with E-state index in [-0.39, 0.29) is 37.3 Å². The third-order valence-corrected chi connectivity index (χ3v) is 8.24. The predicted molar refractivity (Wildman–Crippen MR) is 95.4 cm³/mol. The van der Waals surface area contributed by atoms with Crippen LogP contribution < -0.4 is 4.74 Å². The van der Waals surface area contributed by atoms with Gasteiger partial charge in [0.1, 0.15) is 10.9 Å². The van der Waals surface area contributed by atoms with Crippen molar-refractivity contribution in [2.75, 3.05) is 33.3 Å². The van der Waals surface area contributed by atoms with Gasteiger partial charge in [-0.3, -0.25) is 4.79 Å². The minimum Gasteiger partial charge on any atom is -0.494 e. The minimum absolute atomic E-state index is 0.0542. The van der Waals surface area contributed by atoms with Gasteiger partial charge in [-0.15, -0.1) is 0 Å². The lowest BCUT2D eigenvalue weighted by Crippen LogP contribution is -2.56. The Balaban J connectivity index is 1.52. The van der Waals surface area contributed by atoms with Crippen molar-refractivity contribution in [2.24, 2.45) is 0 Å². The van der Waals surface area contributed by atoms with Crippen LogP contribution in [0.3, 0.4) is 0 Å². The zero-order valence-corrected chi connectivity index (χ0v) is 16.2. The van der Waals surface area contributed by atoms with Crippen molar-refractivity contribution in [3.8, 4) is 5.75 Å². The number of morpholine rings is 1. The Labute approximate surface area is 158 Å². The molecule has 3 saturated heterocycles. The summed E-state index contributed by atoms with van der Waals surface area (Å²) in [7, 11) is -2.01. The van der Waals surface area contributed by atoms with Crippen LogP contribution in [-0.2, 0) is 26.0 Å². The fourth-order valence-electron chi connectivity index (χ4n) is 4.53. The number of likely N-dealkylation sites (N-methyl/N-ethyl adjacent to an activating group) is 1. The summed E-state index contributed by atoms with van der Waals surface area (Å²) in [5.41, 5.74) is -0.293. The van der Waals surface area contributed by atoms with Gasteiger partial charge in [-0.2, -0.15) is 4.31 Å². The Morgan fingerprint density at radius 1 is 1.41 bits per heavy atom. The van der Waals surface area contributed by atoms with Gasteiger partial charge in [0.25, 0.3) is 0 Å². The maximum Gasteiger partial charge on any atom is 0.227 e. The summed E-state index contributed by atoms with van der Waals surface area (Å²) in [6, 6.07) is 4.46. The molecule has 148 valence electrons. The molecule has 1 aromatic rings. The molecule has 1 spiro atoms. The number of nitrogens with zero attached hydrogens (tertiary/aromatic N) is 2. The van der Waals surface area contributed by atoms with E-state index in [0.717, 1.165) is 0 Å². The third-order valence-electron chi connectivity index (χ3n) is 5.79. The SMILES string of the molecule is CCN1CC23CN(C(=O)Cc4ccc(OC)c(F)c4)C[C@@H](C[C@@H]2S1(=O)=O)O3. The normalized spacial score (nSPS) is 31.7. The number of halogens is 1. The van der Waals surface area contributed by atoms with Crippen molar-refractivity contribution in [3.63, 3.8) is 0 Å². The number of hydrogen-bond acceptors (Lipinski definition) is 5. The van der Waals surface area contributed by atoms with E-state index in [1.807, 2.05) is 0 Å². The second-order valence-corrected chi connectivity index (χ2v) is 9.54. The van der Waals surface area contributed by atoms with Gasteiger partial charge in [0.05, 0.1) is 26.2 Å². The van der Waals surface area contributed by atoms with Crippen LogP contribution in [0.2, 0.25) is 0 Å². The smallest absolute Gasteiger partial charge is 0.227 e. The van der Waals surface area contributed by atoms with E-state index < -0.39 is 26.7 Å². The number of carbonyl (C=O) groups is 1. The van der Waals surface area contributed by atoms with Crippen molar-refractivity contribution in [3.05, 3.63) is 29.6 Å². The summed E-state index contributed by atoms with van der Waals surface area (Å²) < 4.78 is 51.7. The van der Waals surface area contributed by atoms with E-state index in [0.29, 0.717) is 25.1 Å². The standard InChI is InChI=1S/C18H23FN2O5S/c1-3-21-11-18-10-20(9-13(26-18)8-16(18)27(21,23)24)17(22)7-12-4-5-15(25-2)14(19)6-12/h4-6,13,16H,3,7-11H2,1-2H3/t13-,16+,18?/m1/s1. The Morgan fingerprint density at radius 2 is 2.19 bits per heavy atom. The summed E-state index contributed by atoms with van der Waals surface area (Å²) in [6.45, 7) is 3.11. The van der Waals surface area contributed by atoms with Gasteiger partial charge in [-0.1, -0.05) is 13.0 Å². The number of likely N-dealkylation sites (tertiary alicyclic amines) is 1. The number of sulfonamides is 1. The van der Waals surface area contributed by atoms with Crippen LogP contribution in [-0.4, -0.2) is 73.8 Å². The molecule has 27 heavy (non-hydrogen) atoms. The van der Waals surface area contributed by atoms with E-state index in [1.165, 1.54) is 23.5 Å². The number of ether oxygens (including phenoxy) is 2. The zero-order valence-electron chi connectivity index (χ0n) is 15.4. The van der Waals surface area contributed by atoms with Crippen LogP contribution in [0.15, 0.2) is 18.2 Å². The van der Waals surface area contributed by atoms with Crippen molar-refractivity contribution in [2.45, 2.75) is 36.7 Å². The topological polar surface area (TPSA) is 76.2 Å². The molecule has 0 aliphatic carbocycles. The molecule has 1 unspecified atom stereocenters. The molecule has 3 aliphatic rings. The largest absolute Gasteiger partial charge is 0.494 e. The van der Waals surface area contributed by atoms with Gasteiger partial charge in [0.2, 0.25) is 15.9 Å². The molecule has 3 aliphatic heterocycles. The Bertz CT molecular complexity index is 877. The summed E-state index contributed by atoms with van der Waals surface area (Å²) in [6.07, 6.45) is 0.201. The summed E-state index contributed by atoms with van der Waals surface area (Å²) >= 11 is 0. The van der Waals surface area contributed by atoms with Crippen LogP contribution >= 0.6 is 0 Å². The molecule has 0 N–H and O–H groups in total. The van der Waals surface area contributed by atoms with Gasteiger partial charge >= 0.3 is 0 Å². The number of rotatable bonds is 4. The molecular weight excluding hydrogens is 375 g/mol. The lowest BCUT2D eigenvalue weighted by atomic mass is 9.99. The Kier molecular flexibility index (Phi) is 4.44. The molecule has 7 nitrogen and oxygen atoms in total. The molecule has 3 fully saturated rings. The molecule has 1 amide bonds. The second-order valence-electron chi connectivity index (χ2n) is 7.42. The quantitative estimate of drug-likeness (QED) is 0.749. The Morgan fingerprint density at radius 3 is 2.85 bits per heavy atom. The van der Waals surface area contributed by atoms with Crippen LogP contribution in [0, 0.1) is 5.82 Å². The van der Waals surface area contributed by atoms with E-state index in [2.05, 4.69) is 0 Å². The van der Waals surface area contributed by atoms with E-state index >= 15 is 0 Å². The molecule has 0 aromatic heterocycles. The van der Waals surface area contributed by atoms with Crippen LogP contribution in [0.5, 0.6) is 5.75 Å². The van der Waals surface area contributed by atoms with Crippen molar-refractivity contribution >= 4 is 15.9 Å². The molecule has 3 atom stereocenters. The maximum absolute atomic E-state index is 13.9. The van der Waals surface area contributed by atoms with Gasteiger partial charge < -0.3 is 14.4 Å². The summed E-state index contributed by atoms with van der Waals surface area (Å²) in [4.78, 5) is 14.5. The number of amides is 1. The van der Waals surface area contributed by atoms with Crippen LogP contribution in [0.1, 0.15) is 18.9 Å². The van der Waals surface area contributed by atoms with Crippen molar-refractivity contribution in [1.82, 2.24) is 9.21 Å². The monoisotopic (exact) mass is 398 g/mol. The van der Waals surface area contributed by atoms with E-state index in [1.54, 1.807) is 17.9 Å². The number of carbonyl (C=O) groups excluding carboxylic acids is 1. The van der Waals surface area contributed by atoms with Crippen molar-refractivity contribution in [1.29, 1.82) is 0 Å². The first-order chi connectivity index (χ1) is 12.8. The van der Waals surface area contributed by atoms with Gasteiger partial charge in [-0.05, 0) is 24.1 Å². The van der Waals surface area contributed by atoms with Gasteiger partial charge in [0, 0.05) is 19.6 Å². The minimum atomic E-state index is -3.39. The van der Waals surface area contributed by atoms with Crippen LogP contribution in [0.4, 0.5) is 4.39 Å². The molecule has 9 heteroatoms. The predicted octanol–water partition coefficient (Wildman–Crippen LogP) is 0.781. The second kappa shape index (κ2) is 6.42. The molecular formula is C18H23FN2O5S. The average molecular weight is 398 g/mol. The fraction of sp³-hybridized carbons (Fsp3) is 0.611. The van der Waals surface area contributed by atoms with E-state index in [4.69, 9.17) is 9.47 Å². The maximum atomic E-state index is 13.9. The highest BCUT2D eigenvalue weighted by Crippen LogP contribution is 2.46. The third kappa shape index (κ3) is 2.92. The van der Waals surface area contributed by atoms with E-state index in [9.17, 15) is 17.6 Å². The highest BCUT2D eigenvalue weighted by atomic mass is 32.2. The molecule has 0 radical (unpaired) electrons. The van der Waals surface area contributed by atoms with Gasteiger partial charge in [-0.25, -0.2) is 12.8 Å². The molecule has 2 bridgehead atoms. The van der Waals surface area contributed by atoms with Crippen LogP contribution in [0.25, 0.3) is 0 Å². The first-order valence-corrected chi connectivity index (χ1v) is 10.6. The number of methoxy groups -OCH3 is 1. The average Bonchev–Trinajstić information content (AvgIpc) is 3.00. The highest BCUT2D eigenvalue weighted by molar-refractivity contribution is 7.90. The number of fused-ring (bicyclic) bond motifs is 1. The highest BCUT2D eigenvalue weighted by Gasteiger charge is 2.65. The zero-order chi connectivity index (χ0) is 19.4. The summed E-state index contributed by atoms with van der Waals surface area (Å²) in [5.74, 6) is -0.530. The number of benzene rings is 1. The van der Waals surface area contributed by atoms with Gasteiger partial charge in [0.15, 0.2) is 11.6 Å². The molecule has 3 heterocycles. The summed E-state index contributed by atoms with van der Waals surface area (Å²) in [5, 5.41) is -0.591. The first-order valence-electron chi connectivity index (χ1n) is 9.06. The first kappa shape index (κ1) is 18.6. The Hall–Kier alpha value is -1.71. The molecule has 0 saturated carbocycles. The fourth-order valence-corrected chi connectivity index (χ4v) is 6.86. The molecule has 1 aromatic carbocycles. The lowest BCUT2D eigenvalue weighted by Gasteiger charge is -2.39. The number of hydrogen-bond donors (Lipinski definition) is 0.